The first-order chi connectivity index (χ1) is 10.4. The molecule has 1 unspecified atom stereocenters. The SMILES string of the molecule is CC(C)n1cccc1C(=O)NCC(O)c1c(F)cccc1F. The van der Waals surface area contributed by atoms with E-state index in [0.29, 0.717) is 5.69 Å². The number of nitrogens with zero attached hydrogens (tertiary/aromatic N) is 1. The van der Waals surface area contributed by atoms with Crippen LogP contribution in [0.1, 0.15) is 42.0 Å². The minimum absolute atomic E-state index is 0.102. The first kappa shape index (κ1) is 16.2. The molecular weight excluding hydrogens is 290 g/mol. The number of carbonyl (C=O) groups is 1. The van der Waals surface area contributed by atoms with Gasteiger partial charge in [-0.25, -0.2) is 8.78 Å². The zero-order valence-electron chi connectivity index (χ0n) is 12.4. The monoisotopic (exact) mass is 308 g/mol. The summed E-state index contributed by atoms with van der Waals surface area (Å²) in [5.74, 6) is -2.09. The number of hydrogen-bond donors (Lipinski definition) is 2. The Morgan fingerprint density at radius 3 is 2.45 bits per heavy atom. The molecule has 0 radical (unpaired) electrons. The molecule has 0 saturated carbocycles. The summed E-state index contributed by atoms with van der Waals surface area (Å²) in [5, 5.41) is 12.4. The van der Waals surface area contributed by atoms with Crippen LogP contribution < -0.4 is 5.32 Å². The fourth-order valence-corrected chi connectivity index (χ4v) is 2.25. The van der Waals surface area contributed by atoms with E-state index in [9.17, 15) is 18.7 Å². The summed E-state index contributed by atoms with van der Waals surface area (Å²) >= 11 is 0. The van der Waals surface area contributed by atoms with Crippen LogP contribution in [-0.2, 0) is 0 Å². The normalized spacial score (nSPS) is 12.5. The lowest BCUT2D eigenvalue weighted by Gasteiger charge is -2.16. The summed E-state index contributed by atoms with van der Waals surface area (Å²) in [4.78, 5) is 12.1. The van der Waals surface area contributed by atoms with Crippen molar-refractivity contribution in [2.45, 2.75) is 26.0 Å². The van der Waals surface area contributed by atoms with Gasteiger partial charge < -0.3 is 15.0 Å². The molecule has 0 fully saturated rings. The molecule has 1 amide bonds. The largest absolute Gasteiger partial charge is 0.386 e. The van der Waals surface area contributed by atoms with Crippen molar-refractivity contribution in [2.75, 3.05) is 6.54 Å². The zero-order chi connectivity index (χ0) is 16.3. The van der Waals surface area contributed by atoms with Gasteiger partial charge in [0, 0.05) is 18.8 Å². The van der Waals surface area contributed by atoms with Gasteiger partial charge in [0.05, 0.1) is 5.56 Å². The average molecular weight is 308 g/mol. The standard InChI is InChI=1S/C16H18F2N2O2/c1-10(2)20-8-4-7-13(20)16(22)19-9-14(21)15-11(17)5-3-6-12(15)18/h3-8,10,14,21H,9H2,1-2H3,(H,19,22). The summed E-state index contributed by atoms with van der Waals surface area (Å²) in [6, 6.07) is 6.83. The van der Waals surface area contributed by atoms with E-state index in [1.54, 1.807) is 22.9 Å². The lowest BCUT2D eigenvalue weighted by molar-refractivity contribution is 0.0901. The van der Waals surface area contributed by atoms with Crippen LogP contribution in [0.2, 0.25) is 0 Å². The van der Waals surface area contributed by atoms with Crippen LogP contribution in [0.4, 0.5) is 8.78 Å². The third kappa shape index (κ3) is 3.33. The molecule has 0 spiro atoms. The van der Waals surface area contributed by atoms with Gasteiger partial charge in [0.25, 0.3) is 5.91 Å². The summed E-state index contributed by atoms with van der Waals surface area (Å²) in [5.41, 5.74) is -0.0155. The van der Waals surface area contributed by atoms with Gasteiger partial charge in [-0.15, -0.1) is 0 Å². The van der Waals surface area contributed by atoms with Crippen molar-refractivity contribution in [3.8, 4) is 0 Å². The lowest BCUT2D eigenvalue weighted by atomic mass is 10.1. The number of aromatic nitrogens is 1. The highest BCUT2D eigenvalue weighted by Gasteiger charge is 2.19. The lowest BCUT2D eigenvalue weighted by Crippen LogP contribution is -2.30. The minimum atomic E-state index is -1.45. The predicted octanol–water partition coefficient (Wildman–Crippen LogP) is 2.81. The van der Waals surface area contributed by atoms with Crippen molar-refractivity contribution < 1.29 is 18.7 Å². The van der Waals surface area contributed by atoms with Crippen molar-refractivity contribution >= 4 is 5.91 Å². The first-order valence-corrected chi connectivity index (χ1v) is 6.98. The average Bonchev–Trinajstić information content (AvgIpc) is 2.94. The fourth-order valence-electron chi connectivity index (χ4n) is 2.25. The third-order valence-electron chi connectivity index (χ3n) is 3.36. The molecule has 6 heteroatoms. The number of aliphatic hydroxyl groups is 1. The summed E-state index contributed by atoms with van der Waals surface area (Å²) in [6.45, 7) is 3.58. The number of hydrogen-bond acceptors (Lipinski definition) is 2. The third-order valence-corrected chi connectivity index (χ3v) is 3.36. The van der Waals surface area contributed by atoms with E-state index in [0.717, 1.165) is 12.1 Å². The highest BCUT2D eigenvalue weighted by molar-refractivity contribution is 5.92. The Kier molecular flexibility index (Phi) is 4.92. The molecule has 0 aliphatic carbocycles. The fraction of sp³-hybridized carbons (Fsp3) is 0.312. The predicted molar refractivity (Wildman–Crippen MR) is 78.5 cm³/mol. The van der Waals surface area contributed by atoms with Gasteiger partial charge >= 0.3 is 0 Å². The van der Waals surface area contributed by atoms with Crippen LogP contribution in [0, 0.1) is 11.6 Å². The molecule has 4 nitrogen and oxygen atoms in total. The molecule has 1 aromatic heterocycles. The second-order valence-electron chi connectivity index (χ2n) is 5.26. The molecule has 2 aromatic rings. The second-order valence-corrected chi connectivity index (χ2v) is 5.26. The molecular formula is C16H18F2N2O2. The molecule has 0 saturated heterocycles. The Balaban J connectivity index is 2.06. The Bertz CT molecular complexity index is 648. The van der Waals surface area contributed by atoms with Crippen LogP contribution in [0.3, 0.4) is 0 Å². The molecule has 0 bridgehead atoms. The smallest absolute Gasteiger partial charge is 0.268 e. The van der Waals surface area contributed by atoms with Crippen LogP contribution in [0.15, 0.2) is 36.5 Å². The van der Waals surface area contributed by atoms with Crippen LogP contribution in [-0.4, -0.2) is 22.1 Å². The van der Waals surface area contributed by atoms with E-state index in [2.05, 4.69) is 5.32 Å². The van der Waals surface area contributed by atoms with Crippen molar-refractivity contribution in [1.29, 1.82) is 0 Å². The Morgan fingerprint density at radius 2 is 1.86 bits per heavy atom. The molecule has 0 aliphatic rings. The van der Waals surface area contributed by atoms with Crippen molar-refractivity contribution in [3.63, 3.8) is 0 Å². The minimum Gasteiger partial charge on any atom is -0.386 e. The molecule has 1 aromatic carbocycles. The molecule has 1 atom stereocenters. The summed E-state index contributed by atoms with van der Waals surface area (Å²) in [7, 11) is 0. The Labute approximate surface area is 127 Å². The molecule has 2 N–H and O–H groups in total. The van der Waals surface area contributed by atoms with Crippen molar-refractivity contribution in [2.24, 2.45) is 0 Å². The second kappa shape index (κ2) is 6.70. The number of amides is 1. The van der Waals surface area contributed by atoms with E-state index in [-0.39, 0.29) is 12.6 Å². The number of halogens is 2. The van der Waals surface area contributed by atoms with E-state index >= 15 is 0 Å². The molecule has 1 heterocycles. The maximum atomic E-state index is 13.6. The Hall–Kier alpha value is -2.21. The van der Waals surface area contributed by atoms with Crippen LogP contribution in [0.5, 0.6) is 0 Å². The number of rotatable bonds is 5. The maximum absolute atomic E-state index is 13.6. The molecule has 118 valence electrons. The summed E-state index contributed by atoms with van der Waals surface area (Å²) < 4.78 is 28.9. The first-order valence-electron chi connectivity index (χ1n) is 6.98. The van der Waals surface area contributed by atoms with E-state index < -0.39 is 29.2 Å². The van der Waals surface area contributed by atoms with Crippen LogP contribution >= 0.6 is 0 Å². The molecule has 0 aliphatic heterocycles. The van der Waals surface area contributed by atoms with E-state index in [1.165, 1.54) is 6.07 Å². The van der Waals surface area contributed by atoms with Gasteiger partial charge in [0.2, 0.25) is 0 Å². The van der Waals surface area contributed by atoms with Crippen molar-refractivity contribution in [1.82, 2.24) is 9.88 Å². The van der Waals surface area contributed by atoms with Gasteiger partial charge in [-0.05, 0) is 38.1 Å². The van der Waals surface area contributed by atoms with Gasteiger partial charge in [-0.3, -0.25) is 4.79 Å². The zero-order valence-corrected chi connectivity index (χ0v) is 12.4. The molecule has 22 heavy (non-hydrogen) atoms. The highest BCUT2D eigenvalue weighted by Crippen LogP contribution is 2.20. The number of carbonyl (C=O) groups excluding carboxylic acids is 1. The van der Waals surface area contributed by atoms with Gasteiger partial charge in [0.1, 0.15) is 23.4 Å². The van der Waals surface area contributed by atoms with Gasteiger partial charge in [0.15, 0.2) is 0 Å². The Morgan fingerprint density at radius 1 is 1.23 bits per heavy atom. The van der Waals surface area contributed by atoms with Gasteiger partial charge in [-0.2, -0.15) is 0 Å². The number of aliphatic hydroxyl groups excluding tert-OH is 1. The number of nitrogens with one attached hydrogen (secondary N) is 1. The maximum Gasteiger partial charge on any atom is 0.268 e. The number of benzene rings is 1. The molecule has 2 rings (SSSR count). The van der Waals surface area contributed by atoms with E-state index in [1.807, 2.05) is 13.8 Å². The quantitative estimate of drug-likeness (QED) is 0.892. The van der Waals surface area contributed by atoms with E-state index in [4.69, 9.17) is 0 Å². The topological polar surface area (TPSA) is 54.3 Å². The van der Waals surface area contributed by atoms with Crippen molar-refractivity contribution in [3.05, 3.63) is 59.4 Å². The van der Waals surface area contributed by atoms with Gasteiger partial charge in [-0.1, -0.05) is 6.07 Å². The summed E-state index contributed by atoms with van der Waals surface area (Å²) in [6.07, 6.45) is 0.319. The highest BCUT2D eigenvalue weighted by atomic mass is 19.1. The van der Waals surface area contributed by atoms with Crippen LogP contribution in [0.25, 0.3) is 0 Å².